The number of benzene rings is 1. The number of nitrogens with one attached hydrogen (secondary N) is 1. The molecular formula is C15H18ClN5O2S. The van der Waals surface area contributed by atoms with Gasteiger partial charge in [0, 0.05) is 26.2 Å². The Kier molecular flexibility index (Phi) is 5.00. The lowest BCUT2D eigenvalue weighted by atomic mass is 10.3. The van der Waals surface area contributed by atoms with E-state index in [4.69, 9.17) is 11.6 Å². The summed E-state index contributed by atoms with van der Waals surface area (Å²) in [4.78, 5) is 10.2. The van der Waals surface area contributed by atoms with Crippen LogP contribution >= 0.6 is 11.6 Å². The first-order chi connectivity index (χ1) is 11.5. The Hall–Kier alpha value is -1.74. The number of hydrogen-bond donors (Lipinski definition) is 1. The third-order valence-electron chi connectivity index (χ3n) is 3.89. The quantitative estimate of drug-likeness (QED) is 0.887. The second-order valence-corrected chi connectivity index (χ2v) is 7.86. The molecule has 2 heterocycles. The van der Waals surface area contributed by atoms with Gasteiger partial charge in [-0.2, -0.15) is 4.31 Å². The molecule has 0 bridgehead atoms. The fraction of sp³-hybridized carbons (Fsp3) is 0.333. The van der Waals surface area contributed by atoms with Crippen LogP contribution in [0.5, 0.6) is 0 Å². The van der Waals surface area contributed by atoms with Crippen LogP contribution in [0.15, 0.2) is 41.7 Å². The Morgan fingerprint density at radius 2 is 1.88 bits per heavy atom. The number of nitrogens with zero attached hydrogens (tertiary/aromatic N) is 4. The van der Waals surface area contributed by atoms with Gasteiger partial charge in [-0.05, 0) is 19.2 Å². The maximum absolute atomic E-state index is 13.0. The highest BCUT2D eigenvalue weighted by atomic mass is 35.5. The van der Waals surface area contributed by atoms with Crippen LogP contribution in [0.3, 0.4) is 0 Å². The molecule has 1 fully saturated rings. The summed E-state index contributed by atoms with van der Waals surface area (Å²) in [6.45, 7) is 2.38. The number of anilines is 2. The number of piperazine rings is 1. The van der Waals surface area contributed by atoms with Crippen LogP contribution in [-0.2, 0) is 10.0 Å². The molecule has 0 saturated carbocycles. The molecule has 0 aliphatic carbocycles. The van der Waals surface area contributed by atoms with E-state index in [2.05, 4.69) is 20.2 Å². The van der Waals surface area contributed by atoms with Crippen molar-refractivity contribution in [3.05, 3.63) is 41.8 Å². The molecule has 0 radical (unpaired) electrons. The van der Waals surface area contributed by atoms with Crippen molar-refractivity contribution in [3.63, 3.8) is 0 Å². The number of hydrogen-bond acceptors (Lipinski definition) is 6. The summed E-state index contributed by atoms with van der Waals surface area (Å²) < 4.78 is 27.5. The van der Waals surface area contributed by atoms with Crippen molar-refractivity contribution in [2.45, 2.75) is 4.90 Å². The molecule has 0 atom stereocenters. The van der Waals surface area contributed by atoms with Crippen LogP contribution in [0, 0.1) is 0 Å². The monoisotopic (exact) mass is 367 g/mol. The van der Waals surface area contributed by atoms with Gasteiger partial charge in [-0.25, -0.2) is 18.4 Å². The summed E-state index contributed by atoms with van der Waals surface area (Å²) in [5.41, 5.74) is 0.442. The summed E-state index contributed by atoms with van der Waals surface area (Å²) in [5, 5.41) is 3.32. The summed E-state index contributed by atoms with van der Waals surface area (Å²) in [7, 11) is -1.61. The smallest absolute Gasteiger partial charge is 0.245 e. The minimum atomic E-state index is -3.59. The predicted octanol–water partition coefficient (Wildman–Crippen LogP) is 1.81. The summed E-state index contributed by atoms with van der Waals surface area (Å²) in [5.74, 6) is 0.368. The minimum Gasteiger partial charge on any atom is -0.338 e. The van der Waals surface area contributed by atoms with Crippen molar-refractivity contribution < 1.29 is 8.42 Å². The molecule has 0 spiro atoms. The van der Waals surface area contributed by atoms with Gasteiger partial charge in [-0.15, -0.1) is 0 Å². The lowest BCUT2D eigenvalue weighted by molar-refractivity contribution is 0.222. The predicted molar refractivity (Wildman–Crippen MR) is 93.0 cm³/mol. The number of aromatic nitrogens is 2. The van der Waals surface area contributed by atoms with E-state index in [1.165, 1.54) is 16.8 Å². The summed E-state index contributed by atoms with van der Waals surface area (Å²) >= 11 is 6.05. The molecule has 1 N–H and O–H groups in total. The highest BCUT2D eigenvalue weighted by molar-refractivity contribution is 7.89. The lowest BCUT2D eigenvalue weighted by Gasteiger charge is -2.32. The molecule has 1 saturated heterocycles. The van der Waals surface area contributed by atoms with Gasteiger partial charge in [-0.1, -0.05) is 23.7 Å². The first kappa shape index (κ1) is 17.1. The molecule has 1 aromatic heterocycles. The molecular weight excluding hydrogens is 350 g/mol. The largest absolute Gasteiger partial charge is 0.338 e. The van der Waals surface area contributed by atoms with Crippen LogP contribution in [-0.4, -0.2) is 60.8 Å². The minimum absolute atomic E-state index is 0.212. The fourth-order valence-electron chi connectivity index (χ4n) is 2.49. The second kappa shape index (κ2) is 7.02. The van der Waals surface area contributed by atoms with Crippen LogP contribution in [0.2, 0.25) is 5.02 Å². The van der Waals surface area contributed by atoms with E-state index in [-0.39, 0.29) is 4.90 Å². The molecule has 128 valence electrons. The van der Waals surface area contributed by atoms with Crippen LogP contribution < -0.4 is 5.32 Å². The second-order valence-electron chi connectivity index (χ2n) is 5.55. The zero-order valence-electron chi connectivity index (χ0n) is 13.2. The first-order valence-corrected chi connectivity index (χ1v) is 9.30. The fourth-order valence-corrected chi connectivity index (χ4v) is 4.22. The highest BCUT2D eigenvalue weighted by Crippen LogP contribution is 2.29. The van der Waals surface area contributed by atoms with E-state index >= 15 is 0 Å². The van der Waals surface area contributed by atoms with Crippen molar-refractivity contribution in [3.8, 4) is 0 Å². The van der Waals surface area contributed by atoms with Gasteiger partial charge >= 0.3 is 0 Å². The first-order valence-electron chi connectivity index (χ1n) is 7.49. The van der Waals surface area contributed by atoms with Crippen LogP contribution in [0.25, 0.3) is 0 Å². The van der Waals surface area contributed by atoms with Gasteiger partial charge < -0.3 is 10.2 Å². The van der Waals surface area contributed by atoms with Gasteiger partial charge in [-0.3, -0.25) is 0 Å². The van der Waals surface area contributed by atoms with Gasteiger partial charge in [0.2, 0.25) is 10.0 Å². The maximum atomic E-state index is 13.0. The average molecular weight is 368 g/mol. The number of likely N-dealkylation sites (N-methyl/N-ethyl adjacent to an activating group) is 1. The number of sulfonamides is 1. The van der Waals surface area contributed by atoms with Crippen molar-refractivity contribution >= 4 is 33.1 Å². The number of halogens is 1. The van der Waals surface area contributed by atoms with E-state index in [9.17, 15) is 8.42 Å². The van der Waals surface area contributed by atoms with Crippen LogP contribution in [0.1, 0.15) is 0 Å². The van der Waals surface area contributed by atoms with Crippen molar-refractivity contribution in [2.75, 3.05) is 38.5 Å². The van der Waals surface area contributed by atoms with E-state index in [1.54, 1.807) is 24.3 Å². The molecule has 1 aliphatic rings. The Labute approximate surface area is 146 Å². The standard InChI is InChI=1S/C15H18ClN5O2S/c1-20-6-8-21(9-7-20)24(22,23)14-5-3-2-4-13(14)19-15-12(16)10-17-11-18-15/h2-5,10-11H,6-9H2,1H3,(H,17,18,19). The van der Waals surface area contributed by atoms with Gasteiger partial charge in [0.25, 0.3) is 0 Å². The van der Waals surface area contributed by atoms with Crippen molar-refractivity contribution in [1.82, 2.24) is 19.2 Å². The van der Waals surface area contributed by atoms with Crippen LogP contribution in [0.4, 0.5) is 11.5 Å². The molecule has 9 heteroatoms. The Morgan fingerprint density at radius 1 is 1.17 bits per heavy atom. The topological polar surface area (TPSA) is 78.4 Å². The zero-order chi connectivity index (χ0) is 17.2. The highest BCUT2D eigenvalue weighted by Gasteiger charge is 2.29. The van der Waals surface area contributed by atoms with Gasteiger partial charge in [0.05, 0.1) is 11.9 Å². The van der Waals surface area contributed by atoms with Gasteiger partial charge in [0.15, 0.2) is 5.82 Å². The summed E-state index contributed by atoms with van der Waals surface area (Å²) in [6.07, 6.45) is 2.81. The van der Waals surface area contributed by atoms with Crippen molar-refractivity contribution in [2.24, 2.45) is 0 Å². The third kappa shape index (κ3) is 3.51. The Morgan fingerprint density at radius 3 is 2.58 bits per heavy atom. The molecule has 3 rings (SSSR count). The molecule has 1 aliphatic heterocycles. The van der Waals surface area contributed by atoms with Crippen molar-refractivity contribution in [1.29, 1.82) is 0 Å². The Balaban J connectivity index is 1.93. The number of rotatable bonds is 4. The van der Waals surface area contributed by atoms with Gasteiger partial charge in [0.1, 0.15) is 16.2 Å². The molecule has 7 nitrogen and oxygen atoms in total. The molecule has 2 aromatic rings. The average Bonchev–Trinajstić information content (AvgIpc) is 2.58. The lowest BCUT2D eigenvalue weighted by Crippen LogP contribution is -2.47. The van der Waals surface area contributed by atoms with E-state index in [1.807, 2.05) is 7.05 Å². The number of para-hydroxylation sites is 1. The zero-order valence-corrected chi connectivity index (χ0v) is 14.8. The molecule has 0 unspecified atom stereocenters. The van der Waals surface area contributed by atoms with E-state index < -0.39 is 10.0 Å². The maximum Gasteiger partial charge on any atom is 0.245 e. The molecule has 24 heavy (non-hydrogen) atoms. The summed E-state index contributed by atoms with van der Waals surface area (Å²) in [6, 6.07) is 6.75. The molecule has 0 amide bonds. The SMILES string of the molecule is CN1CCN(S(=O)(=O)c2ccccc2Nc2ncncc2Cl)CC1. The third-order valence-corrected chi connectivity index (χ3v) is 6.12. The normalized spacial score (nSPS) is 16.9. The Bertz CT molecular complexity index is 822. The molecule has 1 aromatic carbocycles. The van der Waals surface area contributed by atoms with E-state index in [0.29, 0.717) is 42.7 Å². The van der Waals surface area contributed by atoms with E-state index in [0.717, 1.165) is 0 Å².